The number of allylic oxidation sites excluding steroid dienone is 4. The summed E-state index contributed by atoms with van der Waals surface area (Å²) in [4.78, 5) is 11.5. The van der Waals surface area contributed by atoms with E-state index in [9.17, 15) is 4.79 Å². The van der Waals surface area contributed by atoms with Crippen LogP contribution < -0.4 is 0 Å². The van der Waals surface area contributed by atoms with Crippen molar-refractivity contribution in [2.45, 2.75) is 18.8 Å². The van der Waals surface area contributed by atoms with Gasteiger partial charge in [0.15, 0.2) is 0 Å². The zero-order chi connectivity index (χ0) is 12.8. The van der Waals surface area contributed by atoms with Gasteiger partial charge in [0.05, 0.1) is 6.42 Å². The second-order valence-corrected chi connectivity index (χ2v) is 5.28. The minimum atomic E-state index is -0.106. The first-order valence-electron chi connectivity index (χ1n) is 6.71. The molecular weight excluding hydrogens is 236 g/mol. The maximum absolute atomic E-state index is 11.5. The third kappa shape index (κ3) is 1.60. The summed E-state index contributed by atoms with van der Waals surface area (Å²) in [6.45, 7) is 0. The molecule has 2 heteroatoms. The Balaban J connectivity index is 1.90. The predicted molar refractivity (Wildman–Crippen MR) is 73.2 cm³/mol. The largest absolute Gasteiger partial charge is 0.430 e. The monoisotopic (exact) mass is 250 g/mol. The Kier molecular flexibility index (Phi) is 2.25. The lowest BCUT2D eigenvalue weighted by atomic mass is 9.81. The van der Waals surface area contributed by atoms with E-state index < -0.39 is 0 Å². The Morgan fingerprint density at radius 3 is 3.00 bits per heavy atom. The Bertz CT molecular complexity index is 649. The second kappa shape index (κ2) is 3.95. The van der Waals surface area contributed by atoms with Crippen LogP contribution in [0.2, 0.25) is 0 Å². The van der Waals surface area contributed by atoms with Crippen LogP contribution in [0.25, 0.3) is 6.08 Å². The van der Waals surface area contributed by atoms with Crippen LogP contribution in [0.5, 0.6) is 0 Å². The predicted octanol–water partition coefficient (Wildman–Crippen LogP) is 3.57. The van der Waals surface area contributed by atoms with E-state index in [1.165, 1.54) is 16.7 Å². The molecule has 0 radical (unpaired) electrons. The fourth-order valence-corrected chi connectivity index (χ4v) is 3.27. The average molecular weight is 250 g/mol. The van der Waals surface area contributed by atoms with Crippen molar-refractivity contribution in [3.05, 3.63) is 65.0 Å². The summed E-state index contributed by atoms with van der Waals surface area (Å²) in [5.41, 5.74) is 3.79. The molecule has 0 spiro atoms. The molecule has 2 nitrogen and oxygen atoms in total. The summed E-state index contributed by atoms with van der Waals surface area (Å²) >= 11 is 0. The van der Waals surface area contributed by atoms with E-state index in [4.69, 9.17) is 4.74 Å². The van der Waals surface area contributed by atoms with Gasteiger partial charge in [0, 0.05) is 11.8 Å². The van der Waals surface area contributed by atoms with Crippen LogP contribution in [0.4, 0.5) is 0 Å². The highest BCUT2D eigenvalue weighted by Gasteiger charge is 2.35. The van der Waals surface area contributed by atoms with Crippen LogP contribution in [0.3, 0.4) is 0 Å². The topological polar surface area (TPSA) is 26.3 Å². The normalized spacial score (nSPS) is 27.5. The molecular formula is C17H14O2. The number of benzene rings is 1. The standard InChI is InChI=1S/C17H14O2/c18-16-10-12-5-3-7-14-13-6-2-1-4-11(13)8-9-15(14)17(12)19-16/h1-6,8-9,12,14H,7,10H2/t12-,14+/m0/s1. The smallest absolute Gasteiger partial charge is 0.311 e. The number of fused-ring (bicyclic) bond motifs is 4. The number of rotatable bonds is 0. The first-order valence-corrected chi connectivity index (χ1v) is 6.71. The minimum Gasteiger partial charge on any atom is -0.430 e. The lowest BCUT2D eigenvalue weighted by Gasteiger charge is -2.24. The van der Waals surface area contributed by atoms with Crippen molar-refractivity contribution in [1.82, 2.24) is 0 Å². The number of carbonyl (C=O) groups is 1. The molecule has 19 heavy (non-hydrogen) atoms. The van der Waals surface area contributed by atoms with Gasteiger partial charge in [0.25, 0.3) is 0 Å². The fraction of sp³-hybridized carbons (Fsp3) is 0.235. The molecule has 0 N–H and O–H groups in total. The van der Waals surface area contributed by atoms with Gasteiger partial charge in [0.2, 0.25) is 0 Å². The number of carbonyl (C=O) groups excluding carboxylic acids is 1. The molecule has 1 fully saturated rings. The summed E-state index contributed by atoms with van der Waals surface area (Å²) in [5.74, 6) is 1.23. The summed E-state index contributed by atoms with van der Waals surface area (Å²) in [6.07, 6.45) is 10.0. The Labute approximate surface area is 112 Å². The van der Waals surface area contributed by atoms with E-state index >= 15 is 0 Å². The molecule has 4 rings (SSSR count). The number of hydrogen-bond donors (Lipinski definition) is 0. The average Bonchev–Trinajstić information content (AvgIpc) is 2.71. The highest BCUT2D eigenvalue weighted by atomic mass is 16.5. The first kappa shape index (κ1) is 10.8. The van der Waals surface area contributed by atoms with E-state index in [1.807, 2.05) is 0 Å². The highest BCUT2D eigenvalue weighted by Crippen LogP contribution is 2.44. The number of hydrogen-bond acceptors (Lipinski definition) is 2. The maximum Gasteiger partial charge on any atom is 0.311 e. The second-order valence-electron chi connectivity index (χ2n) is 5.28. The SMILES string of the molecule is O=C1C[C@@H]2C=CC[C@H]3C(=C2O1)C=Cc1ccccc13. The van der Waals surface area contributed by atoms with Gasteiger partial charge in [-0.2, -0.15) is 0 Å². The fourth-order valence-electron chi connectivity index (χ4n) is 3.27. The number of ether oxygens (including phenoxy) is 1. The molecule has 1 saturated heterocycles. The van der Waals surface area contributed by atoms with Crippen molar-refractivity contribution >= 4 is 12.0 Å². The molecule has 0 aromatic heterocycles. The van der Waals surface area contributed by atoms with Crippen LogP contribution >= 0.6 is 0 Å². The summed E-state index contributed by atoms with van der Waals surface area (Å²) in [7, 11) is 0. The van der Waals surface area contributed by atoms with Crippen LogP contribution in [-0.4, -0.2) is 5.97 Å². The van der Waals surface area contributed by atoms with Gasteiger partial charge in [-0.3, -0.25) is 4.79 Å². The quantitative estimate of drug-likeness (QED) is 0.519. The van der Waals surface area contributed by atoms with Crippen molar-refractivity contribution < 1.29 is 9.53 Å². The lowest BCUT2D eigenvalue weighted by molar-refractivity contribution is -0.135. The van der Waals surface area contributed by atoms with Crippen LogP contribution in [0, 0.1) is 5.92 Å². The van der Waals surface area contributed by atoms with Crippen molar-refractivity contribution in [3.63, 3.8) is 0 Å². The molecule has 1 aromatic carbocycles. The third-order valence-electron chi connectivity index (χ3n) is 4.16. The summed E-state index contributed by atoms with van der Waals surface area (Å²) in [5, 5.41) is 0. The Hall–Kier alpha value is -2.09. The minimum absolute atomic E-state index is 0.106. The zero-order valence-electron chi connectivity index (χ0n) is 10.5. The van der Waals surface area contributed by atoms with Crippen molar-refractivity contribution in [3.8, 4) is 0 Å². The molecule has 0 saturated carbocycles. The van der Waals surface area contributed by atoms with Gasteiger partial charge < -0.3 is 4.74 Å². The van der Waals surface area contributed by atoms with E-state index in [2.05, 4.69) is 48.6 Å². The van der Waals surface area contributed by atoms with Gasteiger partial charge in [0.1, 0.15) is 5.76 Å². The van der Waals surface area contributed by atoms with Crippen molar-refractivity contribution in [2.24, 2.45) is 5.92 Å². The Morgan fingerprint density at radius 1 is 1.16 bits per heavy atom. The first-order chi connectivity index (χ1) is 9.33. The molecule has 3 aliphatic rings. The van der Waals surface area contributed by atoms with E-state index in [1.54, 1.807) is 0 Å². The zero-order valence-corrected chi connectivity index (χ0v) is 10.5. The molecule has 0 bridgehead atoms. The van der Waals surface area contributed by atoms with Crippen LogP contribution in [0.1, 0.15) is 29.9 Å². The molecule has 1 aromatic rings. The summed E-state index contributed by atoms with van der Waals surface area (Å²) < 4.78 is 5.47. The molecule has 2 atom stereocenters. The Morgan fingerprint density at radius 2 is 2.05 bits per heavy atom. The molecule has 1 heterocycles. The molecule has 0 unspecified atom stereocenters. The third-order valence-corrected chi connectivity index (χ3v) is 4.16. The van der Waals surface area contributed by atoms with E-state index in [0.717, 1.165) is 12.2 Å². The highest BCUT2D eigenvalue weighted by molar-refractivity contribution is 5.76. The lowest BCUT2D eigenvalue weighted by Crippen LogP contribution is -2.09. The van der Waals surface area contributed by atoms with Gasteiger partial charge in [-0.05, 0) is 23.1 Å². The van der Waals surface area contributed by atoms with E-state index in [-0.39, 0.29) is 11.9 Å². The molecule has 2 aliphatic carbocycles. The van der Waals surface area contributed by atoms with E-state index in [0.29, 0.717) is 12.3 Å². The van der Waals surface area contributed by atoms with Gasteiger partial charge in [-0.15, -0.1) is 0 Å². The summed E-state index contributed by atoms with van der Waals surface area (Å²) in [6, 6.07) is 8.45. The number of esters is 1. The molecule has 94 valence electrons. The molecule has 0 amide bonds. The van der Waals surface area contributed by atoms with Gasteiger partial charge in [-0.1, -0.05) is 48.6 Å². The maximum atomic E-state index is 11.5. The van der Waals surface area contributed by atoms with Crippen LogP contribution in [0.15, 0.2) is 53.8 Å². The molecule has 1 aliphatic heterocycles. The van der Waals surface area contributed by atoms with Crippen molar-refractivity contribution in [1.29, 1.82) is 0 Å². The van der Waals surface area contributed by atoms with Crippen LogP contribution in [-0.2, 0) is 9.53 Å². The van der Waals surface area contributed by atoms with Gasteiger partial charge >= 0.3 is 5.97 Å². The van der Waals surface area contributed by atoms with Crippen molar-refractivity contribution in [2.75, 3.05) is 0 Å². The van der Waals surface area contributed by atoms with Gasteiger partial charge in [-0.25, -0.2) is 0 Å².